The van der Waals surface area contributed by atoms with Crippen molar-refractivity contribution in [2.24, 2.45) is 21.8 Å². The van der Waals surface area contributed by atoms with Gasteiger partial charge in [0.2, 0.25) is 0 Å². The van der Waals surface area contributed by atoms with Crippen LogP contribution in [0.4, 0.5) is 0 Å². The van der Waals surface area contributed by atoms with Gasteiger partial charge in [0.15, 0.2) is 16.7 Å². The minimum Gasteiger partial charge on any atom is -0.461 e. The van der Waals surface area contributed by atoms with Crippen LogP contribution in [0.3, 0.4) is 0 Å². The molecule has 2 fully saturated rings. The second-order valence-electron chi connectivity index (χ2n) is 8.40. The first kappa shape index (κ1) is 19.2. The first-order valence-corrected chi connectivity index (χ1v) is 10.8. The number of fused-ring (bicyclic) bond motifs is 2. The maximum absolute atomic E-state index is 12.4. The van der Waals surface area contributed by atoms with E-state index in [0.29, 0.717) is 29.2 Å². The number of hydrogen-bond donors (Lipinski definition) is 1. The molecule has 1 amide bonds. The van der Waals surface area contributed by atoms with Crippen molar-refractivity contribution in [3.63, 3.8) is 0 Å². The molecule has 2 heterocycles. The highest BCUT2D eigenvalue weighted by Crippen LogP contribution is 2.63. The summed E-state index contributed by atoms with van der Waals surface area (Å²) >= 11 is 1.36. The lowest BCUT2D eigenvalue weighted by Crippen LogP contribution is -2.34. The molecule has 1 N–H and O–H groups in total. The number of aromatic nitrogens is 3. The van der Waals surface area contributed by atoms with Crippen molar-refractivity contribution in [2.75, 3.05) is 5.75 Å². The Hall–Kier alpha value is -2.09. The molecular formula is C20H27N5O2S. The SMILES string of the molecule is CCn1c(SCC(=O)N/N=C2\C[C@@H]3CC[C@@]2(C)C3(C)C)nnc1-c1ccco1. The highest BCUT2D eigenvalue weighted by molar-refractivity contribution is 7.99. The molecule has 2 aliphatic carbocycles. The van der Waals surface area contributed by atoms with Gasteiger partial charge in [0.25, 0.3) is 5.91 Å². The molecule has 0 radical (unpaired) electrons. The summed E-state index contributed by atoms with van der Waals surface area (Å²) in [5, 5.41) is 13.6. The Labute approximate surface area is 169 Å². The van der Waals surface area contributed by atoms with Gasteiger partial charge in [-0.25, -0.2) is 5.43 Å². The Bertz CT molecular complexity index is 902. The first-order valence-electron chi connectivity index (χ1n) is 9.82. The fraction of sp³-hybridized carbons (Fsp3) is 0.600. The van der Waals surface area contributed by atoms with Crippen molar-refractivity contribution in [1.29, 1.82) is 0 Å². The smallest absolute Gasteiger partial charge is 0.250 e. The molecule has 2 saturated carbocycles. The van der Waals surface area contributed by atoms with Crippen LogP contribution >= 0.6 is 11.8 Å². The third kappa shape index (κ3) is 2.98. The van der Waals surface area contributed by atoms with Crippen LogP contribution in [-0.2, 0) is 11.3 Å². The van der Waals surface area contributed by atoms with E-state index in [1.807, 2.05) is 23.6 Å². The van der Waals surface area contributed by atoms with Crippen LogP contribution in [0.15, 0.2) is 33.1 Å². The topological polar surface area (TPSA) is 85.3 Å². The molecule has 2 aromatic heterocycles. The molecule has 8 heteroatoms. The highest BCUT2D eigenvalue weighted by atomic mass is 32.2. The average Bonchev–Trinajstić information content (AvgIpc) is 3.41. The predicted octanol–water partition coefficient (Wildman–Crippen LogP) is 3.97. The number of furan rings is 1. The van der Waals surface area contributed by atoms with Crippen LogP contribution < -0.4 is 5.43 Å². The number of carbonyl (C=O) groups is 1. The molecular weight excluding hydrogens is 374 g/mol. The Morgan fingerprint density at radius 2 is 2.25 bits per heavy atom. The summed E-state index contributed by atoms with van der Waals surface area (Å²) in [5.74, 6) is 2.14. The molecule has 2 aliphatic rings. The molecule has 2 aromatic rings. The fourth-order valence-electron chi connectivity index (χ4n) is 4.66. The molecule has 2 atom stereocenters. The monoisotopic (exact) mass is 401 g/mol. The quantitative estimate of drug-likeness (QED) is 0.585. The summed E-state index contributed by atoms with van der Waals surface area (Å²) in [6.45, 7) is 9.67. The third-order valence-electron chi connectivity index (χ3n) is 6.93. The molecule has 150 valence electrons. The molecule has 0 aromatic carbocycles. The van der Waals surface area contributed by atoms with Crippen LogP contribution in [-0.4, -0.2) is 32.1 Å². The van der Waals surface area contributed by atoms with E-state index in [4.69, 9.17) is 4.42 Å². The van der Waals surface area contributed by atoms with E-state index >= 15 is 0 Å². The zero-order chi connectivity index (χ0) is 19.9. The van der Waals surface area contributed by atoms with E-state index < -0.39 is 0 Å². The molecule has 0 unspecified atom stereocenters. The van der Waals surface area contributed by atoms with Gasteiger partial charge in [0.1, 0.15) is 0 Å². The average molecular weight is 402 g/mol. The number of carbonyl (C=O) groups excluding carboxylic acids is 1. The summed E-state index contributed by atoms with van der Waals surface area (Å²) in [7, 11) is 0. The minimum atomic E-state index is -0.119. The van der Waals surface area contributed by atoms with Crippen LogP contribution in [0.25, 0.3) is 11.6 Å². The lowest BCUT2D eigenvalue weighted by Gasteiger charge is -2.34. The van der Waals surface area contributed by atoms with E-state index in [-0.39, 0.29) is 22.5 Å². The molecule has 7 nitrogen and oxygen atoms in total. The molecule has 0 spiro atoms. The maximum Gasteiger partial charge on any atom is 0.250 e. The van der Waals surface area contributed by atoms with Crippen molar-refractivity contribution < 1.29 is 9.21 Å². The van der Waals surface area contributed by atoms with Gasteiger partial charge in [-0.15, -0.1) is 10.2 Å². The summed E-state index contributed by atoms with van der Waals surface area (Å²) in [6, 6.07) is 3.67. The Kier molecular flexibility index (Phi) is 4.85. The predicted molar refractivity (Wildman–Crippen MR) is 109 cm³/mol. The minimum absolute atomic E-state index is 0.0957. The number of hydrogen-bond acceptors (Lipinski definition) is 6. The summed E-state index contributed by atoms with van der Waals surface area (Å²) < 4.78 is 7.36. The fourth-order valence-corrected chi connectivity index (χ4v) is 5.45. The number of nitrogens with zero attached hydrogens (tertiary/aromatic N) is 4. The largest absolute Gasteiger partial charge is 0.461 e. The van der Waals surface area contributed by atoms with Gasteiger partial charge >= 0.3 is 0 Å². The summed E-state index contributed by atoms with van der Waals surface area (Å²) in [4.78, 5) is 12.4. The van der Waals surface area contributed by atoms with Gasteiger partial charge in [-0.05, 0) is 49.7 Å². The van der Waals surface area contributed by atoms with Crippen LogP contribution in [0.2, 0.25) is 0 Å². The molecule has 0 saturated heterocycles. The Balaban J connectivity index is 1.38. The van der Waals surface area contributed by atoms with Crippen molar-refractivity contribution >= 4 is 23.4 Å². The highest BCUT2D eigenvalue weighted by Gasteiger charge is 2.60. The zero-order valence-corrected chi connectivity index (χ0v) is 17.7. The van der Waals surface area contributed by atoms with Gasteiger partial charge in [0, 0.05) is 17.7 Å². The van der Waals surface area contributed by atoms with Gasteiger partial charge in [0.05, 0.1) is 12.0 Å². The first-order chi connectivity index (χ1) is 13.4. The van der Waals surface area contributed by atoms with E-state index in [2.05, 4.69) is 41.5 Å². The van der Waals surface area contributed by atoms with Crippen molar-refractivity contribution in [3.8, 4) is 11.6 Å². The van der Waals surface area contributed by atoms with Crippen LogP contribution in [0, 0.1) is 16.7 Å². The van der Waals surface area contributed by atoms with Gasteiger partial charge in [-0.2, -0.15) is 5.10 Å². The lowest BCUT2D eigenvalue weighted by atomic mass is 9.70. The third-order valence-corrected chi connectivity index (χ3v) is 7.90. The van der Waals surface area contributed by atoms with Crippen LogP contribution in [0.5, 0.6) is 0 Å². The maximum atomic E-state index is 12.4. The molecule has 2 bridgehead atoms. The zero-order valence-electron chi connectivity index (χ0n) is 16.9. The second-order valence-corrected chi connectivity index (χ2v) is 9.35. The van der Waals surface area contributed by atoms with Crippen LogP contribution in [0.1, 0.15) is 47.0 Å². The molecule has 28 heavy (non-hydrogen) atoms. The number of hydrazone groups is 1. The standard InChI is InChI=1S/C20H27N5O2S/c1-5-25-17(14-7-6-10-27-14)23-24-18(25)28-12-16(26)22-21-15-11-13-8-9-20(15,4)19(13,2)3/h6-7,10,13H,5,8-9,11-12H2,1-4H3,(H,22,26)/b21-15+/t13-,20+/m0/s1. The van der Waals surface area contributed by atoms with Gasteiger partial charge in [-0.3, -0.25) is 9.36 Å². The Morgan fingerprint density at radius 1 is 1.43 bits per heavy atom. The van der Waals surface area contributed by atoms with Gasteiger partial charge in [-0.1, -0.05) is 32.5 Å². The normalized spacial score (nSPS) is 26.9. The van der Waals surface area contributed by atoms with Gasteiger partial charge < -0.3 is 4.42 Å². The summed E-state index contributed by atoms with van der Waals surface area (Å²) in [6.07, 6.45) is 5.02. The van der Waals surface area contributed by atoms with Crippen molar-refractivity contribution in [3.05, 3.63) is 18.4 Å². The van der Waals surface area contributed by atoms with Crippen molar-refractivity contribution in [1.82, 2.24) is 20.2 Å². The van der Waals surface area contributed by atoms with Crippen molar-refractivity contribution in [2.45, 2.75) is 58.7 Å². The van der Waals surface area contributed by atoms with E-state index in [1.165, 1.54) is 18.2 Å². The van der Waals surface area contributed by atoms with E-state index in [0.717, 1.165) is 18.6 Å². The lowest BCUT2D eigenvalue weighted by molar-refractivity contribution is -0.118. The van der Waals surface area contributed by atoms with E-state index in [1.54, 1.807) is 6.26 Å². The van der Waals surface area contributed by atoms with E-state index in [9.17, 15) is 4.79 Å². The number of nitrogens with one attached hydrogen (secondary N) is 1. The summed E-state index contributed by atoms with van der Waals surface area (Å²) in [5.41, 5.74) is 4.26. The number of thioether (sulfide) groups is 1. The molecule has 4 rings (SSSR count). The second kappa shape index (κ2) is 7.06. The Morgan fingerprint density at radius 3 is 2.86 bits per heavy atom. The number of rotatable bonds is 6. The molecule has 0 aliphatic heterocycles. The number of amides is 1.